The van der Waals surface area contributed by atoms with Gasteiger partial charge in [0.2, 0.25) is 17.7 Å². The number of hydrogen-bond acceptors (Lipinski definition) is 3. The van der Waals surface area contributed by atoms with Gasteiger partial charge in [0.1, 0.15) is 0 Å². The molecular weight excluding hydrogens is 398 g/mol. The quantitative estimate of drug-likeness (QED) is 0.493. The molecule has 0 aromatic carbocycles. The molecule has 0 radical (unpaired) electrons. The molecule has 5 rings (SSSR count). The fourth-order valence-electron chi connectivity index (χ4n) is 9.79. The fourth-order valence-corrected chi connectivity index (χ4v) is 9.79. The van der Waals surface area contributed by atoms with E-state index in [0.29, 0.717) is 29.1 Å². The molecule has 4 aliphatic carbocycles. The van der Waals surface area contributed by atoms with Gasteiger partial charge in [-0.05, 0) is 104 Å². The molecule has 0 bridgehead atoms. The third-order valence-corrected chi connectivity index (χ3v) is 11.5. The molecule has 3 amide bonds. The van der Waals surface area contributed by atoms with Gasteiger partial charge in [-0.2, -0.15) is 0 Å². The predicted molar refractivity (Wildman–Crippen MR) is 124 cm³/mol. The van der Waals surface area contributed by atoms with Gasteiger partial charge in [-0.15, -0.1) is 0 Å². The largest absolute Gasteiger partial charge is 0.274 e. The van der Waals surface area contributed by atoms with E-state index in [-0.39, 0.29) is 30.6 Å². The van der Waals surface area contributed by atoms with Gasteiger partial charge in [0.15, 0.2) is 0 Å². The Hall–Kier alpha value is -1.19. The summed E-state index contributed by atoms with van der Waals surface area (Å²) in [4.78, 5) is 37.3. The van der Waals surface area contributed by atoms with Crippen LogP contribution < -0.4 is 0 Å². The van der Waals surface area contributed by atoms with E-state index < -0.39 is 0 Å². The van der Waals surface area contributed by atoms with Crippen molar-refractivity contribution in [2.45, 2.75) is 111 Å². The summed E-state index contributed by atoms with van der Waals surface area (Å²) in [5.74, 6) is 3.94. The fraction of sp³-hybridized carbons (Fsp3) is 0.893. The Labute approximate surface area is 194 Å². The van der Waals surface area contributed by atoms with E-state index in [9.17, 15) is 14.4 Å². The molecule has 1 unspecified atom stereocenters. The van der Waals surface area contributed by atoms with Gasteiger partial charge in [0, 0.05) is 19.3 Å². The molecule has 0 spiro atoms. The lowest BCUT2D eigenvalue weighted by Gasteiger charge is -2.61. The summed E-state index contributed by atoms with van der Waals surface area (Å²) in [6.07, 6.45) is 15.7. The summed E-state index contributed by atoms with van der Waals surface area (Å²) in [5.41, 5.74) is 0.994. The Kier molecular flexibility index (Phi) is 5.82. The zero-order chi connectivity index (χ0) is 22.7. The maximum atomic E-state index is 12.6. The van der Waals surface area contributed by atoms with E-state index in [1.54, 1.807) is 0 Å². The van der Waals surface area contributed by atoms with Crippen LogP contribution in [0, 0.1) is 46.3 Å². The molecule has 4 nitrogen and oxygen atoms in total. The van der Waals surface area contributed by atoms with Crippen LogP contribution in [-0.2, 0) is 14.4 Å². The Morgan fingerprint density at radius 2 is 1.62 bits per heavy atom. The summed E-state index contributed by atoms with van der Waals surface area (Å²) < 4.78 is 0. The van der Waals surface area contributed by atoms with Gasteiger partial charge in [0.25, 0.3) is 0 Å². The molecule has 178 valence electrons. The second-order valence-corrected chi connectivity index (χ2v) is 12.7. The minimum Gasteiger partial charge on any atom is -0.274 e. The van der Waals surface area contributed by atoms with E-state index in [0.717, 1.165) is 35.0 Å². The van der Waals surface area contributed by atoms with Crippen LogP contribution in [0.1, 0.15) is 111 Å². The topological polar surface area (TPSA) is 54.5 Å². The van der Waals surface area contributed by atoms with Crippen molar-refractivity contribution in [3.05, 3.63) is 0 Å². The third kappa shape index (κ3) is 3.41. The first-order valence-electron chi connectivity index (χ1n) is 13.6. The van der Waals surface area contributed by atoms with Crippen LogP contribution in [0.15, 0.2) is 0 Å². The average molecular weight is 442 g/mol. The number of fused-ring (bicyclic) bond motifs is 5. The first-order chi connectivity index (χ1) is 15.3. The van der Waals surface area contributed by atoms with Crippen LogP contribution in [0.4, 0.5) is 0 Å². The van der Waals surface area contributed by atoms with Crippen molar-refractivity contribution in [3.8, 4) is 0 Å². The second kappa shape index (κ2) is 8.24. The molecule has 32 heavy (non-hydrogen) atoms. The number of imide groups is 3. The average Bonchev–Trinajstić information content (AvgIpc) is 3.30. The predicted octanol–water partition coefficient (Wildman–Crippen LogP) is 6.13. The minimum atomic E-state index is -0.300. The van der Waals surface area contributed by atoms with Crippen molar-refractivity contribution in [2.75, 3.05) is 0 Å². The number of carbonyl (C=O) groups is 3. The zero-order valence-electron chi connectivity index (χ0n) is 20.5. The van der Waals surface area contributed by atoms with Crippen molar-refractivity contribution in [1.29, 1.82) is 0 Å². The van der Waals surface area contributed by atoms with Crippen LogP contribution in [-0.4, -0.2) is 22.6 Å². The lowest BCUT2D eigenvalue weighted by atomic mass is 9.44. The first-order valence-corrected chi connectivity index (χ1v) is 13.6. The third-order valence-electron chi connectivity index (χ3n) is 11.5. The number of carbonyl (C=O) groups excluding carboxylic acids is 3. The normalized spacial score (nSPS) is 44.7. The molecule has 8 atom stereocenters. The zero-order valence-corrected chi connectivity index (χ0v) is 20.5. The highest BCUT2D eigenvalue weighted by Crippen LogP contribution is 2.68. The number of likely N-dealkylation sites (tertiary alicyclic amines) is 1. The summed E-state index contributed by atoms with van der Waals surface area (Å²) >= 11 is 0. The molecule has 0 N–H and O–H groups in total. The second-order valence-electron chi connectivity index (χ2n) is 12.7. The van der Waals surface area contributed by atoms with E-state index in [1.165, 1.54) is 64.2 Å². The summed E-state index contributed by atoms with van der Waals surface area (Å²) in [5, 5.41) is 0. The van der Waals surface area contributed by atoms with Crippen LogP contribution in [0.5, 0.6) is 0 Å². The monoisotopic (exact) mass is 441 g/mol. The van der Waals surface area contributed by atoms with Crippen LogP contribution >= 0.6 is 0 Å². The van der Waals surface area contributed by atoms with Crippen LogP contribution in [0.25, 0.3) is 0 Å². The highest BCUT2D eigenvalue weighted by atomic mass is 16.2. The van der Waals surface area contributed by atoms with E-state index in [4.69, 9.17) is 0 Å². The van der Waals surface area contributed by atoms with Crippen LogP contribution in [0.3, 0.4) is 0 Å². The highest BCUT2D eigenvalue weighted by molar-refractivity contribution is 6.14. The molecular formula is C28H43NO3. The van der Waals surface area contributed by atoms with Gasteiger partial charge >= 0.3 is 0 Å². The molecule has 5 fully saturated rings. The van der Waals surface area contributed by atoms with Crippen molar-refractivity contribution in [2.24, 2.45) is 46.3 Å². The maximum Gasteiger partial charge on any atom is 0.236 e. The Morgan fingerprint density at radius 3 is 2.38 bits per heavy atom. The minimum absolute atomic E-state index is 0.199. The molecule has 5 aliphatic rings. The molecule has 4 saturated carbocycles. The highest BCUT2D eigenvalue weighted by Gasteiger charge is 2.60. The van der Waals surface area contributed by atoms with Crippen molar-refractivity contribution < 1.29 is 14.4 Å². The molecule has 1 saturated heterocycles. The lowest BCUT2D eigenvalue weighted by Crippen LogP contribution is -2.53. The number of nitrogens with zero attached hydrogens (tertiary/aromatic N) is 1. The van der Waals surface area contributed by atoms with Gasteiger partial charge in [-0.1, -0.05) is 33.6 Å². The van der Waals surface area contributed by atoms with Crippen molar-refractivity contribution in [3.63, 3.8) is 0 Å². The number of rotatable bonds is 4. The van der Waals surface area contributed by atoms with E-state index in [1.807, 2.05) is 0 Å². The molecule has 0 aromatic heterocycles. The summed E-state index contributed by atoms with van der Waals surface area (Å²) in [6.45, 7) is 7.55. The van der Waals surface area contributed by atoms with Crippen LogP contribution in [0.2, 0.25) is 0 Å². The standard InChI is InChI=1S/C28H43NO3/c1-18(7-12-24(30)29-25(31)13-14-26(29)32)21-10-11-22-20-9-8-19-6-4-5-16-27(19,2)23(20)15-17-28(21,22)3/h18-23H,4-17H2,1-3H3/t18-,19?,20+,21-,22+,23+,27+,28-/m1/s1. The Bertz CT molecular complexity index is 776. The number of amides is 3. The maximum absolute atomic E-state index is 12.6. The number of hydrogen-bond donors (Lipinski definition) is 0. The van der Waals surface area contributed by atoms with Gasteiger partial charge in [-0.3, -0.25) is 14.4 Å². The van der Waals surface area contributed by atoms with Crippen molar-refractivity contribution in [1.82, 2.24) is 4.90 Å². The molecule has 0 aromatic rings. The molecule has 1 aliphatic heterocycles. The smallest absolute Gasteiger partial charge is 0.236 e. The van der Waals surface area contributed by atoms with E-state index in [2.05, 4.69) is 20.8 Å². The Balaban J connectivity index is 1.25. The SMILES string of the molecule is C[C@H](CCC(=O)N1C(=O)CCC1=O)[C@H]1CC[C@H]2[C@@H]3CCC4CCCC[C@]4(C)[C@H]3CC[C@]12C. The first kappa shape index (κ1) is 22.6. The van der Waals surface area contributed by atoms with E-state index >= 15 is 0 Å². The Morgan fingerprint density at radius 1 is 0.906 bits per heavy atom. The van der Waals surface area contributed by atoms with Crippen molar-refractivity contribution >= 4 is 17.7 Å². The molecule has 4 heteroatoms. The summed E-state index contributed by atoms with van der Waals surface area (Å²) in [7, 11) is 0. The molecule has 1 heterocycles. The van der Waals surface area contributed by atoms with Gasteiger partial charge in [-0.25, -0.2) is 4.90 Å². The lowest BCUT2D eigenvalue weighted by molar-refractivity contribution is -0.149. The summed E-state index contributed by atoms with van der Waals surface area (Å²) in [6, 6.07) is 0. The van der Waals surface area contributed by atoms with Gasteiger partial charge in [0.05, 0.1) is 0 Å². The van der Waals surface area contributed by atoms with Gasteiger partial charge < -0.3 is 0 Å².